The van der Waals surface area contributed by atoms with E-state index in [1.54, 1.807) is 46.0 Å². The Labute approximate surface area is 258 Å². The van der Waals surface area contributed by atoms with Crippen LogP contribution in [0.3, 0.4) is 0 Å². The summed E-state index contributed by atoms with van der Waals surface area (Å²) in [5.74, 6) is 0.117. The number of carbonyl (C=O) groups is 3. The fourth-order valence-corrected chi connectivity index (χ4v) is 6.38. The molecule has 3 aromatic rings. The van der Waals surface area contributed by atoms with Gasteiger partial charge in [-0.2, -0.15) is 0 Å². The van der Waals surface area contributed by atoms with Crippen LogP contribution in [0.15, 0.2) is 84.0 Å². The molecule has 1 aromatic heterocycles. The number of aromatic nitrogens is 1. The number of nitrogens with zero attached hydrogens (tertiary/aromatic N) is 2. The lowest BCUT2D eigenvalue weighted by molar-refractivity contribution is -0.134. The lowest BCUT2D eigenvalue weighted by Gasteiger charge is -2.38. The second-order valence-corrected chi connectivity index (χ2v) is 12.6. The van der Waals surface area contributed by atoms with Crippen LogP contribution in [0.4, 0.5) is 4.79 Å². The number of hydrogen-bond donors (Lipinski definition) is 1. The smallest absolute Gasteiger partial charge is 0.408 e. The minimum absolute atomic E-state index is 0.179. The summed E-state index contributed by atoms with van der Waals surface area (Å²) in [6.45, 7) is 8.47. The highest BCUT2D eigenvalue weighted by Crippen LogP contribution is 2.38. The standard InChI is InChI=1S/C34H41N3O5S/c1-5-41-32(39)27-17-12-20-35-30(27)43-23-28(36-33(40)42-34(2,3)4)31(38)37-21-18-26(19-22-37)29(24-13-8-6-9-14-24)25-15-10-7-11-16-25/h6-17,20,26,28-29H,5,18-19,21-23H2,1-4H3,(H,36,40). The summed E-state index contributed by atoms with van der Waals surface area (Å²) < 4.78 is 10.7. The van der Waals surface area contributed by atoms with Crippen molar-refractivity contribution in [2.75, 3.05) is 25.4 Å². The third kappa shape index (κ3) is 9.07. The van der Waals surface area contributed by atoms with Crippen LogP contribution < -0.4 is 5.32 Å². The predicted molar refractivity (Wildman–Crippen MR) is 168 cm³/mol. The number of hydrogen-bond acceptors (Lipinski definition) is 7. The van der Waals surface area contributed by atoms with Gasteiger partial charge in [0.1, 0.15) is 16.7 Å². The van der Waals surface area contributed by atoms with Gasteiger partial charge in [0.25, 0.3) is 0 Å². The van der Waals surface area contributed by atoms with Gasteiger partial charge in [0.15, 0.2) is 0 Å². The van der Waals surface area contributed by atoms with Crippen LogP contribution in [-0.2, 0) is 14.3 Å². The van der Waals surface area contributed by atoms with E-state index in [2.05, 4.69) is 58.8 Å². The summed E-state index contributed by atoms with van der Waals surface area (Å²) in [5, 5.41) is 3.22. The third-order valence-electron chi connectivity index (χ3n) is 7.28. The largest absolute Gasteiger partial charge is 0.462 e. The monoisotopic (exact) mass is 603 g/mol. The Bertz CT molecular complexity index is 1320. The quantitative estimate of drug-likeness (QED) is 0.214. The van der Waals surface area contributed by atoms with E-state index in [-0.39, 0.29) is 24.2 Å². The van der Waals surface area contributed by atoms with Gasteiger partial charge in [0.05, 0.1) is 12.2 Å². The molecule has 1 N–H and O–H groups in total. The maximum absolute atomic E-state index is 13.9. The van der Waals surface area contributed by atoms with Crippen molar-refractivity contribution in [1.82, 2.24) is 15.2 Å². The van der Waals surface area contributed by atoms with Crippen LogP contribution in [0.1, 0.15) is 67.9 Å². The van der Waals surface area contributed by atoms with Gasteiger partial charge in [-0.25, -0.2) is 14.6 Å². The fourth-order valence-electron chi connectivity index (χ4n) is 5.39. The zero-order chi connectivity index (χ0) is 30.8. The maximum Gasteiger partial charge on any atom is 0.408 e. The average Bonchev–Trinajstić information content (AvgIpc) is 3.00. The second kappa shape index (κ2) is 15.0. The minimum atomic E-state index is -0.868. The Balaban J connectivity index is 1.49. The summed E-state index contributed by atoms with van der Waals surface area (Å²) >= 11 is 1.23. The molecular formula is C34H41N3O5S. The molecule has 0 bridgehead atoms. The van der Waals surface area contributed by atoms with Gasteiger partial charge >= 0.3 is 12.1 Å². The molecule has 1 saturated heterocycles. The number of likely N-dealkylation sites (tertiary alicyclic amines) is 1. The van der Waals surface area contributed by atoms with Crippen LogP contribution in [0.5, 0.6) is 0 Å². The number of alkyl carbamates (subject to hydrolysis) is 1. The lowest BCUT2D eigenvalue weighted by Crippen LogP contribution is -2.53. The number of pyridine rings is 1. The van der Waals surface area contributed by atoms with Crippen molar-refractivity contribution in [3.63, 3.8) is 0 Å². The molecule has 9 heteroatoms. The first-order chi connectivity index (χ1) is 20.7. The zero-order valence-corrected chi connectivity index (χ0v) is 26.1. The van der Waals surface area contributed by atoms with E-state index < -0.39 is 23.7 Å². The molecule has 0 saturated carbocycles. The molecule has 4 rings (SSSR count). The van der Waals surface area contributed by atoms with Gasteiger partial charge in [-0.05, 0) is 69.7 Å². The van der Waals surface area contributed by atoms with Crippen molar-refractivity contribution in [3.8, 4) is 0 Å². The summed E-state index contributed by atoms with van der Waals surface area (Å²) in [6.07, 6.45) is 2.59. The van der Waals surface area contributed by atoms with Crippen LogP contribution in [0.25, 0.3) is 0 Å². The van der Waals surface area contributed by atoms with E-state index in [0.29, 0.717) is 29.6 Å². The number of amides is 2. The summed E-state index contributed by atoms with van der Waals surface area (Å²) in [6, 6.07) is 23.5. The first-order valence-electron chi connectivity index (χ1n) is 14.8. The Morgan fingerprint density at radius 3 is 2.12 bits per heavy atom. The lowest BCUT2D eigenvalue weighted by atomic mass is 9.76. The molecule has 228 valence electrons. The molecule has 1 aliphatic rings. The average molecular weight is 604 g/mol. The first-order valence-corrected chi connectivity index (χ1v) is 15.8. The maximum atomic E-state index is 13.9. The second-order valence-electron chi connectivity index (χ2n) is 11.5. The number of esters is 1. The van der Waals surface area contributed by atoms with Crippen molar-refractivity contribution < 1.29 is 23.9 Å². The van der Waals surface area contributed by atoms with Gasteiger partial charge in [-0.1, -0.05) is 60.7 Å². The number of carbonyl (C=O) groups excluding carboxylic acids is 3. The molecule has 43 heavy (non-hydrogen) atoms. The molecule has 1 fully saturated rings. The molecule has 1 unspecified atom stereocenters. The number of piperidine rings is 1. The number of ether oxygens (including phenoxy) is 2. The van der Waals surface area contributed by atoms with Crippen molar-refractivity contribution in [2.24, 2.45) is 5.92 Å². The van der Waals surface area contributed by atoms with Crippen LogP contribution >= 0.6 is 11.8 Å². The van der Waals surface area contributed by atoms with E-state index in [0.717, 1.165) is 12.8 Å². The van der Waals surface area contributed by atoms with E-state index in [4.69, 9.17) is 9.47 Å². The Morgan fingerprint density at radius 2 is 1.56 bits per heavy atom. The molecule has 8 nitrogen and oxygen atoms in total. The molecule has 2 aromatic carbocycles. The van der Waals surface area contributed by atoms with Gasteiger partial charge in [0, 0.05) is 31.0 Å². The SMILES string of the molecule is CCOC(=O)c1cccnc1SCC(NC(=O)OC(C)(C)C)C(=O)N1CCC(C(c2ccccc2)c2ccccc2)CC1. The molecule has 2 amide bonds. The van der Waals surface area contributed by atoms with Crippen molar-refractivity contribution >= 4 is 29.7 Å². The zero-order valence-electron chi connectivity index (χ0n) is 25.3. The normalized spacial score (nSPS) is 14.7. The van der Waals surface area contributed by atoms with Gasteiger partial charge < -0.3 is 19.7 Å². The predicted octanol–water partition coefficient (Wildman–Crippen LogP) is 6.31. The number of thioether (sulfide) groups is 1. The molecule has 0 aliphatic carbocycles. The molecule has 1 atom stereocenters. The highest BCUT2D eigenvalue weighted by Gasteiger charge is 2.34. The first kappa shape index (κ1) is 32.1. The fraction of sp³-hybridized carbons (Fsp3) is 0.412. The van der Waals surface area contributed by atoms with Crippen molar-refractivity contribution in [2.45, 2.75) is 63.1 Å². The summed E-state index contributed by atoms with van der Waals surface area (Å²) in [5.41, 5.74) is 2.15. The summed E-state index contributed by atoms with van der Waals surface area (Å²) in [7, 11) is 0. The van der Waals surface area contributed by atoms with Crippen molar-refractivity contribution in [3.05, 3.63) is 95.7 Å². The van der Waals surface area contributed by atoms with Crippen LogP contribution in [0.2, 0.25) is 0 Å². The van der Waals surface area contributed by atoms with Crippen LogP contribution in [-0.4, -0.2) is 64.9 Å². The summed E-state index contributed by atoms with van der Waals surface area (Å²) in [4.78, 5) is 45.3. The number of rotatable bonds is 10. The molecule has 1 aliphatic heterocycles. The van der Waals surface area contributed by atoms with E-state index in [1.807, 2.05) is 17.0 Å². The third-order valence-corrected chi connectivity index (χ3v) is 8.38. The van der Waals surface area contributed by atoms with E-state index in [1.165, 1.54) is 22.9 Å². The number of nitrogens with one attached hydrogen (secondary N) is 1. The minimum Gasteiger partial charge on any atom is -0.462 e. The highest BCUT2D eigenvalue weighted by atomic mass is 32.2. The van der Waals surface area contributed by atoms with Crippen molar-refractivity contribution in [1.29, 1.82) is 0 Å². The highest BCUT2D eigenvalue weighted by molar-refractivity contribution is 7.99. The van der Waals surface area contributed by atoms with Gasteiger partial charge in [-0.15, -0.1) is 11.8 Å². The Kier molecular flexibility index (Phi) is 11.2. The number of benzene rings is 2. The van der Waals surface area contributed by atoms with E-state index in [9.17, 15) is 14.4 Å². The van der Waals surface area contributed by atoms with E-state index >= 15 is 0 Å². The van der Waals surface area contributed by atoms with Gasteiger partial charge in [0.2, 0.25) is 5.91 Å². The molecule has 0 radical (unpaired) electrons. The topological polar surface area (TPSA) is 97.8 Å². The molecule has 0 spiro atoms. The Morgan fingerprint density at radius 1 is 0.953 bits per heavy atom. The Hall–Kier alpha value is -3.85. The molecular weight excluding hydrogens is 562 g/mol. The molecule has 2 heterocycles. The van der Waals surface area contributed by atoms with Gasteiger partial charge in [-0.3, -0.25) is 4.79 Å². The van der Waals surface area contributed by atoms with Crippen LogP contribution in [0, 0.1) is 5.92 Å².